The van der Waals surface area contributed by atoms with Crippen LogP contribution in [0.2, 0.25) is 0 Å². The molecule has 1 aliphatic heterocycles. The molecule has 2 aliphatic carbocycles. The molecule has 8 heteroatoms. The summed E-state index contributed by atoms with van der Waals surface area (Å²) in [6.07, 6.45) is 4.98. The predicted octanol–water partition coefficient (Wildman–Crippen LogP) is 3.11. The Balaban J connectivity index is 1.53. The van der Waals surface area contributed by atoms with Crippen molar-refractivity contribution in [3.8, 4) is 0 Å². The standard InChI is InChI=1S/C22H26FN5O2/c23-16-10-25-22-26-14-5-1-4-12(8-14)17(29)6-2-3-11-7-13-9-15(11)19(18(13)20(24)30)27-21(16)28-22/h1,4-5,8,10-11,13,15,17-19,29H,2-3,6-7,9H2,(H2,24,30)(H2,25,26,27,28)/t11-,13+,15-,17?,18+,19-/m1/s1. The predicted molar refractivity (Wildman–Crippen MR) is 110 cm³/mol. The van der Waals surface area contributed by atoms with Crippen LogP contribution >= 0.6 is 0 Å². The van der Waals surface area contributed by atoms with Gasteiger partial charge in [0.05, 0.1) is 18.2 Å². The Bertz CT molecular complexity index is 970. The summed E-state index contributed by atoms with van der Waals surface area (Å²) in [4.78, 5) is 20.5. The van der Waals surface area contributed by atoms with Gasteiger partial charge in [0.2, 0.25) is 11.9 Å². The molecule has 2 saturated carbocycles. The van der Waals surface area contributed by atoms with Gasteiger partial charge in [0.25, 0.3) is 0 Å². The van der Waals surface area contributed by atoms with E-state index in [9.17, 15) is 14.3 Å². The minimum absolute atomic E-state index is 0.0844. The van der Waals surface area contributed by atoms with E-state index in [1.807, 2.05) is 24.3 Å². The molecule has 6 bridgehead atoms. The number of primary amides is 1. The average Bonchev–Trinajstić information content (AvgIpc) is 3.28. The number of hydrogen-bond acceptors (Lipinski definition) is 6. The molecule has 1 unspecified atom stereocenters. The van der Waals surface area contributed by atoms with Gasteiger partial charge >= 0.3 is 0 Å². The van der Waals surface area contributed by atoms with Crippen LogP contribution in [0.25, 0.3) is 0 Å². The number of fused-ring (bicyclic) bond motifs is 5. The number of nitrogens with one attached hydrogen (secondary N) is 2. The summed E-state index contributed by atoms with van der Waals surface area (Å²) in [6.45, 7) is 0. The Labute approximate surface area is 174 Å². The van der Waals surface area contributed by atoms with Crippen molar-refractivity contribution in [1.82, 2.24) is 9.97 Å². The largest absolute Gasteiger partial charge is 0.388 e. The van der Waals surface area contributed by atoms with Crippen LogP contribution < -0.4 is 16.4 Å². The molecule has 7 nitrogen and oxygen atoms in total. The first-order valence-electron chi connectivity index (χ1n) is 10.6. The van der Waals surface area contributed by atoms with Gasteiger partial charge < -0.3 is 21.5 Å². The van der Waals surface area contributed by atoms with Crippen LogP contribution in [-0.4, -0.2) is 27.0 Å². The summed E-state index contributed by atoms with van der Waals surface area (Å²) < 4.78 is 14.5. The number of aromatic nitrogens is 2. The van der Waals surface area contributed by atoms with E-state index in [1.54, 1.807) is 0 Å². The lowest BCUT2D eigenvalue weighted by molar-refractivity contribution is -0.123. The van der Waals surface area contributed by atoms with Crippen molar-refractivity contribution in [2.75, 3.05) is 10.6 Å². The molecular weight excluding hydrogens is 385 g/mol. The summed E-state index contributed by atoms with van der Waals surface area (Å²) in [6, 6.07) is 7.24. The van der Waals surface area contributed by atoms with Crippen molar-refractivity contribution < 1.29 is 14.3 Å². The topological polar surface area (TPSA) is 113 Å². The number of hydrogen-bond donors (Lipinski definition) is 4. The van der Waals surface area contributed by atoms with E-state index in [0.29, 0.717) is 12.3 Å². The minimum atomic E-state index is -0.559. The molecule has 5 N–H and O–H groups in total. The van der Waals surface area contributed by atoms with Crippen molar-refractivity contribution in [3.63, 3.8) is 0 Å². The summed E-state index contributed by atoms with van der Waals surface area (Å²) in [5, 5.41) is 16.9. The van der Waals surface area contributed by atoms with E-state index in [-0.39, 0.29) is 41.5 Å². The molecule has 3 aliphatic rings. The number of benzene rings is 1. The van der Waals surface area contributed by atoms with Crippen LogP contribution in [0, 0.1) is 29.5 Å². The molecule has 158 valence electrons. The molecule has 6 atom stereocenters. The highest BCUT2D eigenvalue weighted by Crippen LogP contribution is 2.54. The maximum atomic E-state index is 14.5. The highest BCUT2D eigenvalue weighted by atomic mass is 19.1. The Morgan fingerprint density at radius 1 is 1.23 bits per heavy atom. The molecule has 1 amide bonds. The van der Waals surface area contributed by atoms with E-state index in [4.69, 9.17) is 5.73 Å². The van der Waals surface area contributed by atoms with E-state index < -0.39 is 11.9 Å². The van der Waals surface area contributed by atoms with Crippen LogP contribution in [0.15, 0.2) is 30.5 Å². The van der Waals surface area contributed by atoms with Crippen LogP contribution in [0.5, 0.6) is 0 Å². The second-order valence-electron chi connectivity index (χ2n) is 8.84. The van der Waals surface area contributed by atoms with Crippen LogP contribution in [-0.2, 0) is 4.79 Å². The first-order chi connectivity index (χ1) is 14.5. The van der Waals surface area contributed by atoms with Crippen LogP contribution in [0.4, 0.5) is 21.8 Å². The number of rotatable bonds is 1. The minimum Gasteiger partial charge on any atom is -0.388 e. The normalized spacial score (nSPS) is 32.5. The second kappa shape index (κ2) is 7.50. The van der Waals surface area contributed by atoms with Gasteiger partial charge in [0.1, 0.15) is 0 Å². The zero-order chi connectivity index (χ0) is 20.8. The fraction of sp³-hybridized carbons (Fsp3) is 0.500. The fourth-order valence-electron chi connectivity index (χ4n) is 5.81. The third kappa shape index (κ3) is 3.39. The summed E-state index contributed by atoms with van der Waals surface area (Å²) in [5.41, 5.74) is 7.27. The van der Waals surface area contributed by atoms with Crippen LogP contribution in [0.1, 0.15) is 43.8 Å². The molecule has 1 aromatic carbocycles. The molecule has 0 radical (unpaired) electrons. The second-order valence-corrected chi connectivity index (χ2v) is 8.84. The van der Waals surface area contributed by atoms with Gasteiger partial charge in [-0.15, -0.1) is 0 Å². The van der Waals surface area contributed by atoms with Crippen molar-refractivity contribution in [2.24, 2.45) is 29.4 Å². The fourth-order valence-corrected chi connectivity index (χ4v) is 5.81. The summed E-state index contributed by atoms with van der Waals surface area (Å²) >= 11 is 0. The number of carbonyl (C=O) groups excluding carboxylic acids is 1. The molecular formula is C22H26FN5O2. The molecule has 0 spiro atoms. The van der Waals surface area contributed by atoms with E-state index >= 15 is 0 Å². The summed E-state index contributed by atoms with van der Waals surface area (Å²) in [5.74, 6) is -0.0127. The van der Waals surface area contributed by atoms with E-state index in [2.05, 4.69) is 20.6 Å². The Morgan fingerprint density at radius 3 is 2.93 bits per heavy atom. The van der Waals surface area contributed by atoms with Gasteiger partial charge in [0.15, 0.2) is 11.6 Å². The summed E-state index contributed by atoms with van der Waals surface area (Å²) in [7, 11) is 0. The number of amides is 1. The van der Waals surface area contributed by atoms with Gasteiger partial charge in [-0.05, 0) is 61.1 Å². The van der Waals surface area contributed by atoms with Gasteiger partial charge in [-0.25, -0.2) is 9.37 Å². The van der Waals surface area contributed by atoms with Gasteiger partial charge in [0, 0.05) is 11.7 Å². The van der Waals surface area contributed by atoms with E-state index in [1.165, 1.54) is 0 Å². The van der Waals surface area contributed by atoms with Crippen molar-refractivity contribution in [3.05, 3.63) is 41.8 Å². The zero-order valence-electron chi connectivity index (χ0n) is 16.6. The van der Waals surface area contributed by atoms with Gasteiger partial charge in [-0.3, -0.25) is 4.79 Å². The Kier molecular flexibility index (Phi) is 4.81. The molecule has 2 aromatic rings. The SMILES string of the molecule is NC(=O)[C@H]1[C@H]2C[C@H]3CCCC(O)c4cccc(c4)Nc4ncc(F)c(n4)N[C@@H]1[C@@H]3C2. The average molecular weight is 411 g/mol. The molecule has 5 rings (SSSR count). The quantitative estimate of drug-likeness (QED) is 0.573. The molecule has 0 saturated heterocycles. The number of halogens is 1. The maximum absolute atomic E-state index is 14.5. The first-order valence-corrected chi connectivity index (χ1v) is 10.6. The smallest absolute Gasteiger partial charge is 0.229 e. The zero-order valence-corrected chi connectivity index (χ0v) is 16.6. The molecule has 30 heavy (non-hydrogen) atoms. The van der Waals surface area contributed by atoms with Crippen molar-refractivity contribution in [2.45, 2.75) is 44.2 Å². The number of aliphatic hydroxyl groups excluding tert-OH is 1. The number of aliphatic hydroxyl groups is 1. The van der Waals surface area contributed by atoms with Crippen LogP contribution in [0.3, 0.4) is 0 Å². The Hall–Kier alpha value is -2.74. The third-order valence-electron chi connectivity index (χ3n) is 7.10. The Morgan fingerprint density at radius 2 is 2.10 bits per heavy atom. The highest BCUT2D eigenvalue weighted by molar-refractivity contribution is 5.79. The molecule has 1 aromatic heterocycles. The number of nitrogens with two attached hydrogens (primary N) is 1. The first kappa shape index (κ1) is 19.2. The lowest BCUT2D eigenvalue weighted by Crippen LogP contribution is -2.45. The monoisotopic (exact) mass is 411 g/mol. The third-order valence-corrected chi connectivity index (χ3v) is 7.10. The van der Waals surface area contributed by atoms with Crippen molar-refractivity contribution in [1.29, 1.82) is 0 Å². The van der Waals surface area contributed by atoms with Gasteiger partial charge in [-0.1, -0.05) is 18.6 Å². The van der Waals surface area contributed by atoms with Crippen molar-refractivity contribution >= 4 is 23.4 Å². The maximum Gasteiger partial charge on any atom is 0.229 e. The molecule has 2 heterocycles. The highest BCUT2D eigenvalue weighted by Gasteiger charge is 2.54. The number of nitrogens with zero attached hydrogens (tertiary/aromatic N) is 2. The lowest BCUT2D eigenvalue weighted by Gasteiger charge is -2.35. The number of anilines is 3. The van der Waals surface area contributed by atoms with Gasteiger partial charge in [-0.2, -0.15) is 4.98 Å². The lowest BCUT2D eigenvalue weighted by atomic mass is 9.76. The molecule has 2 fully saturated rings. The number of carbonyl (C=O) groups is 1. The van der Waals surface area contributed by atoms with E-state index in [0.717, 1.165) is 43.1 Å².